The van der Waals surface area contributed by atoms with Gasteiger partial charge in [-0.25, -0.2) is 0 Å². The highest BCUT2D eigenvalue weighted by molar-refractivity contribution is 7.98. The van der Waals surface area contributed by atoms with Crippen molar-refractivity contribution in [2.75, 3.05) is 11.7 Å². The summed E-state index contributed by atoms with van der Waals surface area (Å²) in [5, 5.41) is 21.8. The lowest BCUT2D eigenvalue weighted by atomic mass is 9.93. The van der Waals surface area contributed by atoms with Crippen molar-refractivity contribution in [3.63, 3.8) is 0 Å². The first-order valence-electron chi connectivity index (χ1n) is 11.0. The number of aromatic hydroxyl groups is 1. The smallest absolute Gasteiger partial charge is 0.408 e. The Hall–Kier alpha value is -3.91. The van der Waals surface area contributed by atoms with E-state index in [1.54, 1.807) is 18.2 Å². The molecule has 7 nitrogen and oxygen atoms in total. The monoisotopic (exact) mass is 512 g/mol. The van der Waals surface area contributed by atoms with Crippen molar-refractivity contribution in [1.29, 1.82) is 5.26 Å². The van der Waals surface area contributed by atoms with Crippen molar-refractivity contribution in [1.82, 2.24) is 9.58 Å². The molecular weight excluding hydrogens is 493 g/mol. The SMILES string of the molecule is C[C@@H](N1CN([C@H]2c3ccccc3CSc3c(C#N)cccc32)n2ccc(=O)c(O)c2C1=O)C(F)(F)F. The van der Waals surface area contributed by atoms with Crippen LogP contribution in [0, 0.1) is 11.3 Å². The highest BCUT2D eigenvalue weighted by atomic mass is 32.2. The van der Waals surface area contributed by atoms with E-state index in [-0.39, 0.29) is 0 Å². The fourth-order valence-corrected chi connectivity index (χ4v) is 5.80. The molecule has 3 heterocycles. The van der Waals surface area contributed by atoms with Crippen LogP contribution in [0.1, 0.15) is 45.7 Å². The van der Waals surface area contributed by atoms with Crippen molar-refractivity contribution in [2.45, 2.75) is 35.8 Å². The molecule has 0 radical (unpaired) electrons. The lowest BCUT2D eigenvalue weighted by Gasteiger charge is -2.46. The number of aromatic nitrogens is 1. The Morgan fingerprint density at radius 2 is 1.83 bits per heavy atom. The summed E-state index contributed by atoms with van der Waals surface area (Å²) in [7, 11) is 0. The third-order valence-electron chi connectivity index (χ3n) is 6.51. The van der Waals surface area contributed by atoms with Crippen molar-refractivity contribution >= 4 is 17.7 Å². The quantitative estimate of drug-likeness (QED) is 0.556. The number of hydrogen-bond donors (Lipinski definition) is 1. The minimum Gasteiger partial charge on any atom is -0.502 e. The second kappa shape index (κ2) is 8.64. The Labute approximate surface area is 208 Å². The average molecular weight is 513 g/mol. The van der Waals surface area contributed by atoms with E-state index >= 15 is 0 Å². The van der Waals surface area contributed by atoms with Gasteiger partial charge in [0.2, 0.25) is 5.43 Å². The third kappa shape index (κ3) is 3.69. The van der Waals surface area contributed by atoms with E-state index in [0.29, 0.717) is 26.7 Å². The second-order valence-corrected chi connectivity index (χ2v) is 9.51. The van der Waals surface area contributed by atoms with Gasteiger partial charge in [0, 0.05) is 22.9 Å². The number of pyridine rings is 1. The molecule has 2 aromatic carbocycles. The van der Waals surface area contributed by atoms with Gasteiger partial charge in [0.1, 0.15) is 18.8 Å². The van der Waals surface area contributed by atoms with E-state index in [9.17, 15) is 33.1 Å². The molecule has 0 saturated heterocycles. The summed E-state index contributed by atoms with van der Waals surface area (Å²) in [6, 6.07) is 12.9. The number of halogens is 3. The number of rotatable bonds is 2. The zero-order valence-corrected chi connectivity index (χ0v) is 19.7. The molecule has 1 amide bonds. The van der Waals surface area contributed by atoms with E-state index in [1.807, 2.05) is 24.3 Å². The summed E-state index contributed by atoms with van der Waals surface area (Å²) in [6.45, 7) is 0.386. The first-order chi connectivity index (χ1) is 17.1. The lowest BCUT2D eigenvalue weighted by Crippen LogP contribution is -2.60. The molecule has 0 aliphatic carbocycles. The number of alkyl halides is 3. The van der Waals surface area contributed by atoms with Crippen molar-refractivity contribution in [3.05, 3.63) is 92.9 Å². The van der Waals surface area contributed by atoms with E-state index in [2.05, 4.69) is 6.07 Å². The van der Waals surface area contributed by atoms with Crippen LogP contribution in [0.25, 0.3) is 0 Å². The molecule has 2 aliphatic rings. The molecular formula is C25H19F3N4O3S. The Morgan fingerprint density at radius 3 is 2.56 bits per heavy atom. The van der Waals surface area contributed by atoms with Crippen LogP contribution in [0.2, 0.25) is 0 Å². The Balaban J connectivity index is 1.80. The fraction of sp³-hybridized carbons (Fsp3) is 0.240. The van der Waals surface area contributed by atoms with Gasteiger partial charge in [-0.15, -0.1) is 11.8 Å². The van der Waals surface area contributed by atoms with Crippen molar-refractivity contribution < 1.29 is 23.1 Å². The minimum absolute atomic E-state index is 0.423. The van der Waals surface area contributed by atoms with Gasteiger partial charge in [-0.2, -0.15) is 18.4 Å². The Bertz CT molecular complexity index is 1480. The molecule has 11 heteroatoms. The summed E-state index contributed by atoms with van der Waals surface area (Å²) in [5.74, 6) is -1.50. The van der Waals surface area contributed by atoms with Crippen molar-refractivity contribution in [3.8, 4) is 11.8 Å². The molecule has 0 unspecified atom stereocenters. The first kappa shape index (κ1) is 23.8. The molecule has 0 fully saturated rings. The summed E-state index contributed by atoms with van der Waals surface area (Å²) in [6.07, 6.45) is -3.46. The van der Waals surface area contributed by atoms with Gasteiger partial charge in [-0.05, 0) is 29.7 Å². The van der Waals surface area contributed by atoms with Gasteiger partial charge < -0.3 is 10.0 Å². The zero-order valence-electron chi connectivity index (χ0n) is 18.9. The predicted octanol–water partition coefficient (Wildman–Crippen LogP) is 4.12. The van der Waals surface area contributed by atoms with Crippen molar-refractivity contribution in [2.24, 2.45) is 0 Å². The second-order valence-electron chi connectivity index (χ2n) is 8.52. The summed E-state index contributed by atoms with van der Waals surface area (Å²) in [4.78, 5) is 26.7. The van der Waals surface area contributed by atoms with Crippen LogP contribution in [0.3, 0.4) is 0 Å². The number of carbonyl (C=O) groups excluding carboxylic acids is 1. The molecule has 36 heavy (non-hydrogen) atoms. The van der Waals surface area contributed by atoms with Crippen LogP contribution in [0.5, 0.6) is 5.75 Å². The van der Waals surface area contributed by atoms with Crippen LogP contribution in [0.15, 0.2) is 64.4 Å². The molecule has 0 spiro atoms. The van der Waals surface area contributed by atoms with Gasteiger partial charge in [0.05, 0.1) is 11.6 Å². The van der Waals surface area contributed by atoms with Gasteiger partial charge in [-0.1, -0.05) is 36.4 Å². The molecule has 184 valence electrons. The molecule has 2 atom stereocenters. The highest BCUT2D eigenvalue weighted by Gasteiger charge is 2.47. The van der Waals surface area contributed by atoms with Crippen LogP contribution in [-0.4, -0.2) is 39.5 Å². The number of thioether (sulfide) groups is 1. The van der Waals surface area contributed by atoms with Gasteiger partial charge in [-0.3, -0.25) is 19.3 Å². The minimum atomic E-state index is -4.74. The van der Waals surface area contributed by atoms with E-state index in [4.69, 9.17) is 0 Å². The van der Waals surface area contributed by atoms with Crippen LogP contribution in [-0.2, 0) is 5.75 Å². The summed E-state index contributed by atoms with van der Waals surface area (Å²) < 4.78 is 42.6. The molecule has 3 aromatic rings. The summed E-state index contributed by atoms with van der Waals surface area (Å²) in [5.41, 5.74) is 1.36. The number of nitriles is 1. The van der Waals surface area contributed by atoms with Crippen LogP contribution < -0.4 is 10.4 Å². The molecule has 1 aromatic heterocycles. The fourth-order valence-electron chi connectivity index (χ4n) is 4.63. The molecule has 1 N–H and O–H groups in total. The largest absolute Gasteiger partial charge is 0.502 e. The number of benzene rings is 2. The van der Waals surface area contributed by atoms with E-state index < -0.39 is 47.7 Å². The van der Waals surface area contributed by atoms with Gasteiger partial charge >= 0.3 is 6.18 Å². The maximum Gasteiger partial charge on any atom is 0.408 e. The Morgan fingerprint density at radius 1 is 1.11 bits per heavy atom. The maximum atomic E-state index is 13.8. The number of hydrogen-bond acceptors (Lipinski definition) is 6. The number of nitrogens with zero attached hydrogens (tertiary/aromatic N) is 4. The van der Waals surface area contributed by atoms with Gasteiger partial charge in [0.15, 0.2) is 11.4 Å². The molecule has 0 bridgehead atoms. The maximum absolute atomic E-state index is 13.8. The summed E-state index contributed by atoms with van der Waals surface area (Å²) >= 11 is 1.45. The predicted molar refractivity (Wildman–Crippen MR) is 126 cm³/mol. The molecule has 0 saturated carbocycles. The molecule has 2 aliphatic heterocycles. The lowest BCUT2D eigenvalue weighted by molar-refractivity contribution is -0.173. The normalized spacial score (nSPS) is 18.0. The number of amides is 1. The van der Waals surface area contributed by atoms with Crippen LogP contribution in [0.4, 0.5) is 13.2 Å². The standard InChI is InChI=1S/C25H19F3N4O3S/c1-14(25(26,27)28)30-13-32(31-10-9-19(33)22(34)21(31)24(30)35)20-17-7-3-2-5-16(17)12-36-23-15(11-29)6-4-8-18(20)23/h2-10,14,20,34H,12-13H2,1H3/t14-,20+/m1/s1. The molecule has 5 rings (SSSR count). The van der Waals surface area contributed by atoms with Gasteiger partial charge in [0.25, 0.3) is 5.91 Å². The highest BCUT2D eigenvalue weighted by Crippen LogP contribution is 2.44. The Kier molecular flexibility index (Phi) is 5.71. The van der Waals surface area contributed by atoms with Crippen LogP contribution >= 0.6 is 11.8 Å². The zero-order chi connectivity index (χ0) is 25.8. The first-order valence-corrected chi connectivity index (χ1v) is 11.9. The number of fused-ring (bicyclic) bond motifs is 3. The van der Waals surface area contributed by atoms with E-state index in [1.165, 1.54) is 27.6 Å². The average Bonchev–Trinajstić information content (AvgIpc) is 3.02. The topological polar surface area (TPSA) is 89.6 Å². The van der Waals surface area contributed by atoms with E-state index in [0.717, 1.165) is 24.1 Å². The third-order valence-corrected chi connectivity index (χ3v) is 7.71. The number of carbonyl (C=O) groups is 1.